The van der Waals surface area contributed by atoms with Gasteiger partial charge in [0, 0.05) is 17.3 Å². The van der Waals surface area contributed by atoms with Crippen LogP contribution in [0.5, 0.6) is 0 Å². The van der Waals surface area contributed by atoms with E-state index in [4.69, 9.17) is 0 Å². The zero-order valence-corrected chi connectivity index (χ0v) is 16.4. The summed E-state index contributed by atoms with van der Waals surface area (Å²) in [5.41, 5.74) is 3.71. The van der Waals surface area contributed by atoms with E-state index in [0.717, 1.165) is 22.4 Å². The Kier molecular flexibility index (Phi) is 6.57. The fourth-order valence-corrected chi connectivity index (χ4v) is 3.34. The summed E-state index contributed by atoms with van der Waals surface area (Å²) >= 11 is 1.23. The van der Waals surface area contributed by atoms with Crippen molar-refractivity contribution in [1.82, 2.24) is 5.32 Å². The van der Waals surface area contributed by atoms with Crippen LogP contribution in [0.15, 0.2) is 35.2 Å². The summed E-state index contributed by atoms with van der Waals surface area (Å²) in [7, 11) is 0. The fourth-order valence-electron chi connectivity index (χ4n) is 2.80. The first kappa shape index (κ1) is 20.4. The maximum Gasteiger partial charge on any atom is 0.283 e. The topological polar surface area (TPSA) is 101 Å². The van der Waals surface area contributed by atoms with Gasteiger partial charge in [0.25, 0.3) is 11.6 Å². The average Bonchev–Trinajstić information content (AvgIpc) is 2.62. The molecule has 2 N–H and O–H groups in total. The van der Waals surface area contributed by atoms with Crippen molar-refractivity contribution in [3.8, 4) is 0 Å². The van der Waals surface area contributed by atoms with Crippen LogP contribution in [0.4, 0.5) is 11.4 Å². The first-order valence-electron chi connectivity index (χ1n) is 8.21. The molecular weight excluding hydrogens is 366 g/mol. The number of carbonyl (C=O) groups is 2. The van der Waals surface area contributed by atoms with E-state index in [9.17, 15) is 19.7 Å². The highest BCUT2D eigenvalue weighted by Crippen LogP contribution is 2.28. The molecule has 0 saturated heterocycles. The Hall–Kier alpha value is -2.87. The van der Waals surface area contributed by atoms with Crippen molar-refractivity contribution in [2.75, 3.05) is 18.1 Å². The predicted octanol–water partition coefficient (Wildman–Crippen LogP) is 3.61. The van der Waals surface area contributed by atoms with Gasteiger partial charge < -0.3 is 10.6 Å². The molecule has 0 saturated carbocycles. The molecule has 7 nitrogen and oxygen atoms in total. The van der Waals surface area contributed by atoms with Crippen LogP contribution in [0.2, 0.25) is 0 Å². The molecule has 0 fully saturated rings. The summed E-state index contributed by atoms with van der Waals surface area (Å²) in [5, 5.41) is 16.4. The molecule has 2 aromatic carbocycles. The molecule has 0 spiro atoms. The van der Waals surface area contributed by atoms with Gasteiger partial charge in [0.1, 0.15) is 0 Å². The molecule has 8 heteroatoms. The molecular formula is C19H21N3O4S. The first-order valence-corrected chi connectivity index (χ1v) is 9.43. The molecule has 0 aromatic heterocycles. The summed E-state index contributed by atoms with van der Waals surface area (Å²) in [6.07, 6.45) is 1.72. The van der Waals surface area contributed by atoms with Gasteiger partial charge in [-0.15, -0.1) is 11.8 Å². The van der Waals surface area contributed by atoms with Crippen LogP contribution in [-0.4, -0.2) is 29.5 Å². The van der Waals surface area contributed by atoms with Crippen LogP contribution in [-0.2, 0) is 4.79 Å². The number of benzene rings is 2. The molecule has 27 heavy (non-hydrogen) atoms. The molecule has 0 unspecified atom stereocenters. The van der Waals surface area contributed by atoms with Crippen LogP contribution in [0.1, 0.15) is 27.0 Å². The monoisotopic (exact) mass is 387 g/mol. The van der Waals surface area contributed by atoms with Crippen molar-refractivity contribution in [2.45, 2.75) is 25.7 Å². The van der Waals surface area contributed by atoms with Gasteiger partial charge in [-0.25, -0.2) is 0 Å². The molecule has 0 aliphatic heterocycles. The standard InChI is InChI=1S/C19H21N3O4S/c1-11-7-12(2)18(13(3)8-11)21-17(23)10-20-19(24)14-5-6-16(27-4)15(9-14)22(25)26/h5-9H,10H2,1-4H3,(H,20,24)(H,21,23). The van der Waals surface area contributed by atoms with Crippen molar-refractivity contribution in [3.63, 3.8) is 0 Å². The zero-order chi connectivity index (χ0) is 20.1. The van der Waals surface area contributed by atoms with Crippen LogP contribution in [0, 0.1) is 30.9 Å². The maximum atomic E-state index is 12.2. The van der Waals surface area contributed by atoms with E-state index in [1.165, 1.54) is 30.0 Å². The summed E-state index contributed by atoms with van der Waals surface area (Å²) < 4.78 is 0. The minimum Gasteiger partial charge on any atom is -0.343 e. The number of amides is 2. The number of carbonyl (C=O) groups excluding carboxylic acids is 2. The molecule has 142 valence electrons. The fraction of sp³-hybridized carbons (Fsp3) is 0.263. The Bertz CT molecular complexity index is 889. The minimum absolute atomic E-state index is 0.134. The van der Waals surface area contributed by atoms with Crippen molar-refractivity contribution in [1.29, 1.82) is 0 Å². The third-order valence-corrected chi connectivity index (χ3v) is 4.77. The smallest absolute Gasteiger partial charge is 0.283 e. The van der Waals surface area contributed by atoms with Crippen molar-refractivity contribution < 1.29 is 14.5 Å². The number of nitro groups is 1. The van der Waals surface area contributed by atoms with Gasteiger partial charge in [-0.1, -0.05) is 17.7 Å². The number of thioether (sulfide) groups is 1. The van der Waals surface area contributed by atoms with E-state index in [1.54, 1.807) is 6.26 Å². The second-order valence-electron chi connectivity index (χ2n) is 6.15. The van der Waals surface area contributed by atoms with E-state index in [-0.39, 0.29) is 23.7 Å². The lowest BCUT2D eigenvalue weighted by Crippen LogP contribution is -2.33. The van der Waals surface area contributed by atoms with Crippen LogP contribution < -0.4 is 10.6 Å². The van der Waals surface area contributed by atoms with Crippen LogP contribution in [0.25, 0.3) is 0 Å². The molecule has 2 amide bonds. The highest BCUT2D eigenvalue weighted by atomic mass is 32.2. The second kappa shape index (κ2) is 8.68. The Balaban J connectivity index is 2.04. The minimum atomic E-state index is -0.543. The highest BCUT2D eigenvalue weighted by molar-refractivity contribution is 7.98. The summed E-state index contributed by atoms with van der Waals surface area (Å²) in [6, 6.07) is 8.17. The molecule has 0 atom stereocenters. The van der Waals surface area contributed by atoms with Gasteiger partial charge in [0.2, 0.25) is 5.91 Å². The lowest BCUT2D eigenvalue weighted by molar-refractivity contribution is -0.387. The molecule has 0 bridgehead atoms. The quantitative estimate of drug-likeness (QED) is 0.448. The van der Waals surface area contributed by atoms with Crippen LogP contribution >= 0.6 is 11.8 Å². The number of nitrogens with one attached hydrogen (secondary N) is 2. The predicted molar refractivity (Wildman–Crippen MR) is 106 cm³/mol. The Labute approximate surface area is 161 Å². The van der Waals surface area contributed by atoms with Gasteiger partial charge >= 0.3 is 0 Å². The number of aryl methyl sites for hydroxylation is 3. The molecule has 0 radical (unpaired) electrons. The summed E-state index contributed by atoms with van der Waals surface area (Å²) in [5.74, 6) is -0.910. The Morgan fingerprint density at radius 1 is 1.11 bits per heavy atom. The van der Waals surface area contributed by atoms with E-state index in [2.05, 4.69) is 10.6 Å². The molecule has 2 aromatic rings. The number of anilines is 1. The number of rotatable bonds is 6. The summed E-state index contributed by atoms with van der Waals surface area (Å²) in [6.45, 7) is 5.55. The molecule has 0 aliphatic rings. The second-order valence-corrected chi connectivity index (χ2v) is 7.00. The van der Waals surface area contributed by atoms with Crippen LogP contribution in [0.3, 0.4) is 0 Å². The molecule has 2 rings (SSSR count). The van der Waals surface area contributed by atoms with Crippen molar-refractivity contribution >= 4 is 35.0 Å². The van der Waals surface area contributed by atoms with Gasteiger partial charge in [0.05, 0.1) is 16.4 Å². The lowest BCUT2D eigenvalue weighted by Gasteiger charge is -2.13. The highest BCUT2D eigenvalue weighted by Gasteiger charge is 2.17. The largest absolute Gasteiger partial charge is 0.343 e. The Morgan fingerprint density at radius 3 is 2.30 bits per heavy atom. The first-order chi connectivity index (χ1) is 12.7. The number of hydrogen-bond donors (Lipinski definition) is 2. The zero-order valence-electron chi connectivity index (χ0n) is 15.6. The van der Waals surface area contributed by atoms with E-state index in [1.807, 2.05) is 32.9 Å². The van der Waals surface area contributed by atoms with E-state index in [0.29, 0.717) is 4.90 Å². The van der Waals surface area contributed by atoms with Crippen molar-refractivity contribution in [3.05, 3.63) is 62.7 Å². The van der Waals surface area contributed by atoms with Gasteiger partial charge in [-0.05, 0) is 50.3 Å². The SMILES string of the molecule is CSc1ccc(C(=O)NCC(=O)Nc2c(C)cc(C)cc2C)cc1[N+](=O)[O-]. The van der Waals surface area contributed by atoms with Gasteiger partial charge in [-0.3, -0.25) is 19.7 Å². The Morgan fingerprint density at radius 2 is 1.74 bits per heavy atom. The summed E-state index contributed by atoms with van der Waals surface area (Å²) in [4.78, 5) is 35.5. The normalized spacial score (nSPS) is 10.4. The average molecular weight is 387 g/mol. The van der Waals surface area contributed by atoms with Crippen molar-refractivity contribution in [2.24, 2.45) is 0 Å². The van der Waals surface area contributed by atoms with E-state index >= 15 is 0 Å². The number of nitro benzene ring substituents is 1. The number of nitrogens with zero attached hydrogens (tertiary/aromatic N) is 1. The van der Waals surface area contributed by atoms with Gasteiger partial charge in [-0.2, -0.15) is 0 Å². The lowest BCUT2D eigenvalue weighted by atomic mass is 10.1. The third-order valence-electron chi connectivity index (χ3n) is 3.99. The molecule has 0 heterocycles. The van der Waals surface area contributed by atoms with Gasteiger partial charge in [0.15, 0.2) is 0 Å². The maximum absolute atomic E-state index is 12.2. The molecule has 0 aliphatic carbocycles. The number of hydrogen-bond acceptors (Lipinski definition) is 5. The van der Waals surface area contributed by atoms with E-state index < -0.39 is 10.8 Å². The third kappa shape index (κ3) is 5.07.